The molecule has 0 aliphatic carbocycles. The van der Waals surface area contributed by atoms with Crippen LogP contribution in [0.2, 0.25) is 19.6 Å². The zero-order chi connectivity index (χ0) is 39.2. The van der Waals surface area contributed by atoms with Gasteiger partial charge in [-0.2, -0.15) is 0 Å². The number of nitrogens with zero attached hydrogens (tertiary/aromatic N) is 4. The van der Waals surface area contributed by atoms with Gasteiger partial charge in [0.2, 0.25) is 0 Å². The summed E-state index contributed by atoms with van der Waals surface area (Å²) in [5.74, 6) is 1.48. The molecule has 0 spiro atoms. The Kier molecular flexibility index (Phi) is 9.88. The van der Waals surface area contributed by atoms with Gasteiger partial charge in [-0.25, -0.2) is 4.98 Å². The molecule has 271 valence electrons. The minimum atomic E-state index is -2.08. The van der Waals surface area contributed by atoms with Gasteiger partial charge in [-0.1, -0.05) is 114 Å². The summed E-state index contributed by atoms with van der Waals surface area (Å²) in [5.41, 5.74) is 10.9. The van der Waals surface area contributed by atoms with Crippen molar-refractivity contribution < 1.29 is 28.6 Å². The van der Waals surface area contributed by atoms with E-state index >= 15 is 0 Å². The fourth-order valence-electron chi connectivity index (χ4n) is 6.64. The SMILES string of the molecule is Cc1ccc2nc(-c3[c-]ccc4c3oc3ccccc34)n(-c3c(C(C)C)cccc3C(C)C)c2n1.[2H]C([2H])([2H])c1c[c-]c(-c2ccc([Si](C)(C)C)cn2)cc1.[Ir]. The van der Waals surface area contributed by atoms with Crippen molar-refractivity contribution >= 4 is 46.4 Å². The normalized spacial score (nSPS) is 12.8. The summed E-state index contributed by atoms with van der Waals surface area (Å²) in [7, 11) is -1.34. The van der Waals surface area contributed by atoms with Crippen LogP contribution in [0.25, 0.3) is 61.4 Å². The predicted octanol–water partition coefficient (Wildman–Crippen LogP) is 11.7. The van der Waals surface area contributed by atoms with E-state index in [0.29, 0.717) is 17.4 Å². The molecule has 0 fully saturated rings. The van der Waals surface area contributed by atoms with Crippen LogP contribution in [0.4, 0.5) is 0 Å². The molecule has 0 saturated carbocycles. The van der Waals surface area contributed by atoms with E-state index in [1.807, 2.05) is 49.5 Å². The fraction of sp³-hybridized carbons (Fsp3) is 0.239. The van der Waals surface area contributed by atoms with Crippen molar-refractivity contribution in [3.05, 3.63) is 138 Å². The molecule has 0 N–H and O–H groups in total. The van der Waals surface area contributed by atoms with E-state index in [1.165, 1.54) is 22.4 Å². The maximum Gasteiger partial charge on any atom is 0.155 e. The molecule has 0 unspecified atom stereocenters. The second-order valence-corrected chi connectivity index (χ2v) is 20.1. The van der Waals surface area contributed by atoms with E-state index in [-0.39, 0.29) is 20.1 Å². The van der Waals surface area contributed by atoms with Gasteiger partial charge in [0.1, 0.15) is 5.58 Å². The van der Waals surface area contributed by atoms with Crippen molar-refractivity contribution in [2.24, 2.45) is 0 Å². The Balaban J connectivity index is 0.000000217. The van der Waals surface area contributed by atoms with Crippen LogP contribution in [0.3, 0.4) is 0 Å². The Morgan fingerprint density at radius 1 is 0.792 bits per heavy atom. The average molecular weight is 894 g/mol. The number of rotatable bonds is 6. The molecular formula is C46H46IrN4OSi-2. The monoisotopic (exact) mass is 894 g/mol. The molecule has 1 radical (unpaired) electrons. The Labute approximate surface area is 332 Å². The van der Waals surface area contributed by atoms with Crippen molar-refractivity contribution in [1.29, 1.82) is 0 Å². The molecule has 53 heavy (non-hydrogen) atoms. The third-order valence-electron chi connectivity index (χ3n) is 9.49. The smallest absolute Gasteiger partial charge is 0.155 e. The van der Waals surface area contributed by atoms with Gasteiger partial charge in [-0.3, -0.25) is 4.98 Å². The number of para-hydroxylation sites is 2. The Hall–Kier alpha value is -4.68. The van der Waals surface area contributed by atoms with Gasteiger partial charge >= 0.3 is 0 Å². The molecule has 0 amide bonds. The van der Waals surface area contributed by atoms with Crippen LogP contribution in [0.15, 0.2) is 108 Å². The first kappa shape index (κ1) is 34.1. The molecule has 0 atom stereocenters. The molecule has 4 heterocycles. The van der Waals surface area contributed by atoms with Crippen molar-refractivity contribution in [3.8, 4) is 28.3 Å². The molecule has 8 aromatic rings. The average Bonchev–Trinajstić information content (AvgIpc) is 3.72. The Morgan fingerprint density at radius 3 is 2.19 bits per heavy atom. The van der Waals surface area contributed by atoms with Gasteiger partial charge in [0.25, 0.3) is 0 Å². The van der Waals surface area contributed by atoms with Crippen molar-refractivity contribution in [1.82, 2.24) is 19.5 Å². The number of hydrogen-bond acceptors (Lipinski definition) is 4. The summed E-state index contributed by atoms with van der Waals surface area (Å²) in [4.78, 5) is 14.6. The standard InChI is InChI=1S/C31H28N3O.C15H18NSi.Ir/c1-18(2)21-11-8-12-22(19(3)4)28(21)34-30(33-26-17-16-20(5)32-31(26)34)25-14-9-13-24-23-10-6-7-15-27(23)35-29(24)25;1-12-5-7-13(8-6-12)15-10-9-14(11-16-15)17(2,3)4;/h6-13,15-19H,1-5H3;5-7,9-11H,1-4H3;/q2*-1;/i;1D3;. The van der Waals surface area contributed by atoms with E-state index in [4.69, 9.17) is 18.5 Å². The number of furan rings is 1. The van der Waals surface area contributed by atoms with Crippen molar-refractivity contribution in [3.63, 3.8) is 0 Å². The second-order valence-electron chi connectivity index (χ2n) is 15.0. The van der Waals surface area contributed by atoms with Gasteiger partial charge in [0.15, 0.2) is 5.65 Å². The Bertz CT molecular complexity index is 2560. The molecule has 7 heteroatoms. The number of fused-ring (bicyclic) bond motifs is 4. The van der Waals surface area contributed by atoms with Crippen LogP contribution in [0.5, 0.6) is 0 Å². The number of imidazole rings is 1. The van der Waals surface area contributed by atoms with Crippen molar-refractivity contribution in [2.75, 3.05) is 0 Å². The van der Waals surface area contributed by atoms with Gasteiger partial charge < -0.3 is 14.0 Å². The van der Waals surface area contributed by atoms with E-state index in [2.05, 4.69) is 111 Å². The summed E-state index contributed by atoms with van der Waals surface area (Å²) in [5, 5.41) is 3.47. The number of aromatic nitrogens is 4. The summed E-state index contributed by atoms with van der Waals surface area (Å²) < 4.78 is 30.7. The van der Waals surface area contributed by atoms with Gasteiger partial charge in [-0.05, 0) is 59.0 Å². The van der Waals surface area contributed by atoms with Crippen LogP contribution in [-0.2, 0) is 20.1 Å². The molecule has 0 bridgehead atoms. The molecular weight excluding hydrogens is 845 g/mol. The van der Waals surface area contributed by atoms with Crippen LogP contribution >= 0.6 is 0 Å². The van der Waals surface area contributed by atoms with Gasteiger partial charge in [0.05, 0.1) is 25.0 Å². The Morgan fingerprint density at radius 2 is 1.55 bits per heavy atom. The van der Waals surface area contributed by atoms with Crippen molar-refractivity contribution in [2.45, 2.75) is 72.9 Å². The zero-order valence-corrected chi connectivity index (χ0v) is 34.9. The summed E-state index contributed by atoms with van der Waals surface area (Å²) >= 11 is 0. The third kappa shape index (κ3) is 7.57. The number of pyridine rings is 2. The zero-order valence-electron chi connectivity index (χ0n) is 34.5. The second kappa shape index (κ2) is 15.4. The summed E-state index contributed by atoms with van der Waals surface area (Å²) in [6, 6.07) is 38.4. The maximum atomic E-state index is 7.35. The van der Waals surface area contributed by atoms with Gasteiger partial charge in [-0.15, -0.1) is 53.6 Å². The largest absolute Gasteiger partial charge is 0.501 e. The molecule has 4 aromatic carbocycles. The van der Waals surface area contributed by atoms with Crippen LogP contribution in [0, 0.1) is 25.9 Å². The first-order valence-corrected chi connectivity index (χ1v) is 21.4. The number of aryl methyl sites for hydroxylation is 2. The van der Waals surface area contributed by atoms with Crippen LogP contribution < -0.4 is 5.19 Å². The first-order valence-electron chi connectivity index (χ1n) is 19.4. The molecule has 5 nitrogen and oxygen atoms in total. The molecule has 0 aliphatic heterocycles. The minimum absolute atomic E-state index is 0. The fourth-order valence-corrected chi connectivity index (χ4v) is 7.67. The first-order chi connectivity index (χ1) is 26.1. The summed E-state index contributed by atoms with van der Waals surface area (Å²) in [6.07, 6.45) is 1.92. The quantitative estimate of drug-likeness (QED) is 0.123. The van der Waals surface area contributed by atoms with E-state index < -0.39 is 14.9 Å². The number of benzene rings is 4. The topological polar surface area (TPSA) is 56.7 Å². The maximum absolute atomic E-state index is 7.35. The minimum Gasteiger partial charge on any atom is -0.501 e. The predicted molar refractivity (Wildman–Crippen MR) is 220 cm³/mol. The van der Waals surface area contributed by atoms with Crippen LogP contribution in [-0.4, -0.2) is 27.6 Å². The van der Waals surface area contributed by atoms with E-state index in [1.54, 1.807) is 12.1 Å². The van der Waals surface area contributed by atoms with E-state index in [9.17, 15) is 0 Å². The molecule has 0 saturated heterocycles. The number of hydrogen-bond donors (Lipinski definition) is 0. The molecule has 0 aliphatic rings. The third-order valence-corrected chi connectivity index (χ3v) is 11.5. The molecule has 4 aromatic heterocycles. The van der Waals surface area contributed by atoms with Crippen LogP contribution in [0.1, 0.15) is 66.0 Å². The van der Waals surface area contributed by atoms with E-state index in [0.717, 1.165) is 67.1 Å². The summed E-state index contributed by atoms with van der Waals surface area (Å²) in [6.45, 7) is 15.8. The van der Waals surface area contributed by atoms with Gasteiger partial charge in [0, 0.05) is 47.2 Å². The molecule has 8 rings (SSSR count).